The first kappa shape index (κ1) is 16.2. The van der Waals surface area contributed by atoms with Crippen molar-refractivity contribution in [2.45, 2.75) is 19.6 Å². The fraction of sp³-hybridized carbons (Fsp3) is 0.167. The van der Waals surface area contributed by atoms with Crippen LogP contribution in [0.3, 0.4) is 0 Å². The zero-order valence-corrected chi connectivity index (χ0v) is 12.7. The predicted octanol–water partition coefficient (Wildman–Crippen LogP) is 2.42. The van der Waals surface area contributed by atoms with Gasteiger partial charge in [0, 0.05) is 11.1 Å². The molecule has 5 nitrogen and oxygen atoms in total. The summed E-state index contributed by atoms with van der Waals surface area (Å²) in [5.74, 6) is -0.894. The molecule has 0 aliphatic rings. The van der Waals surface area contributed by atoms with E-state index in [9.17, 15) is 9.59 Å². The third-order valence-corrected chi connectivity index (χ3v) is 3.24. The lowest BCUT2D eigenvalue weighted by atomic mass is 10.1. The Balaban J connectivity index is 1.91. The summed E-state index contributed by atoms with van der Waals surface area (Å²) < 4.78 is 5.16. The van der Waals surface area contributed by atoms with Crippen molar-refractivity contribution in [2.24, 2.45) is 0 Å². The van der Waals surface area contributed by atoms with Crippen molar-refractivity contribution < 1.29 is 14.3 Å². The van der Waals surface area contributed by atoms with Gasteiger partial charge in [0.05, 0.1) is 11.6 Å². The molecule has 0 heterocycles. The van der Waals surface area contributed by atoms with Gasteiger partial charge in [-0.05, 0) is 25.1 Å². The zero-order chi connectivity index (χ0) is 16.7. The summed E-state index contributed by atoms with van der Waals surface area (Å²) in [6, 6.07) is 16.8. The zero-order valence-electron chi connectivity index (χ0n) is 12.7. The third kappa shape index (κ3) is 4.42. The number of nitrogens with zero attached hydrogens (tertiary/aromatic N) is 1. The summed E-state index contributed by atoms with van der Waals surface area (Å²) >= 11 is 0. The molecule has 2 aromatic rings. The summed E-state index contributed by atoms with van der Waals surface area (Å²) in [5.41, 5.74) is 1.56. The van der Waals surface area contributed by atoms with E-state index in [2.05, 4.69) is 5.32 Å². The maximum Gasteiger partial charge on any atom is 0.328 e. The van der Waals surface area contributed by atoms with Crippen LogP contribution >= 0.6 is 0 Å². The van der Waals surface area contributed by atoms with Crippen molar-refractivity contribution in [1.29, 1.82) is 5.26 Å². The second kappa shape index (κ2) is 7.76. The first-order valence-electron chi connectivity index (χ1n) is 7.12. The van der Waals surface area contributed by atoms with Gasteiger partial charge < -0.3 is 10.1 Å². The highest BCUT2D eigenvalue weighted by atomic mass is 16.5. The van der Waals surface area contributed by atoms with Crippen LogP contribution in [0.5, 0.6) is 0 Å². The number of ether oxygens (including phenoxy) is 1. The Kier molecular flexibility index (Phi) is 5.48. The van der Waals surface area contributed by atoms with Crippen molar-refractivity contribution in [3.05, 3.63) is 71.3 Å². The lowest BCUT2D eigenvalue weighted by Crippen LogP contribution is -2.39. The molecule has 0 fully saturated rings. The minimum atomic E-state index is -0.781. The Bertz CT molecular complexity index is 735. The number of carbonyl (C=O) groups is 2. The molecule has 0 aliphatic heterocycles. The van der Waals surface area contributed by atoms with Crippen molar-refractivity contribution in [1.82, 2.24) is 5.32 Å². The quantitative estimate of drug-likeness (QED) is 0.860. The Hall–Kier alpha value is -3.13. The highest BCUT2D eigenvalue weighted by molar-refractivity contribution is 5.96. The highest BCUT2D eigenvalue weighted by Gasteiger charge is 2.18. The monoisotopic (exact) mass is 308 g/mol. The second-order valence-electron chi connectivity index (χ2n) is 4.94. The number of hydrogen-bond acceptors (Lipinski definition) is 4. The van der Waals surface area contributed by atoms with E-state index in [-0.39, 0.29) is 12.5 Å². The Morgan fingerprint density at radius 2 is 1.78 bits per heavy atom. The van der Waals surface area contributed by atoms with Gasteiger partial charge >= 0.3 is 5.97 Å². The molecule has 0 saturated heterocycles. The van der Waals surface area contributed by atoms with E-state index in [1.807, 2.05) is 6.07 Å². The normalized spacial score (nSPS) is 11.1. The topological polar surface area (TPSA) is 79.2 Å². The lowest BCUT2D eigenvalue weighted by Gasteiger charge is -2.14. The van der Waals surface area contributed by atoms with Crippen molar-refractivity contribution >= 4 is 11.9 Å². The maximum absolute atomic E-state index is 12.0. The van der Waals surface area contributed by atoms with E-state index in [1.165, 1.54) is 0 Å². The molecule has 0 saturated carbocycles. The molecule has 0 aromatic heterocycles. The number of hydrogen-bond donors (Lipinski definition) is 1. The number of amides is 1. The van der Waals surface area contributed by atoms with Crippen LogP contribution in [-0.2, 0) is 16.1 Å². The van der Waals surface area contributed by atoms with Crippen LogP contribution in [0.2, 0.25) is 0 Å². The molecule has 1 N–H and O–H groups in total. The predicted molar refractivity (Wildman–Crippen MR) is 84.3 cm³/mol. The van der Waals surface area contributed by atoms with Crippen LogP contribution in [0.4, 0.5) is 0 Å². The molecule has 23 heavy (non-hydrogen) atoms. The smallest absolute Gasteiger partial charge is 0.328 e. The summed E-state index contributed by atoms with van der Waals surface area (Å²) in [4.78, 5) is 23.9. The minimum absolute atomic E-state index is 0.00584. The van der Waals surface area contributed by atoms with Crippen LogP contribution < -0.4 is 5.32 Å². The van der Waals surface area contributed by atoms with Crippen molar-refractivity contribution in [3.8, 4) is 6.07 Å². The van der Waals surface area contributed by atoms with Crippen LogP contribution in [-0.4, -0.2) is 17.9 Å². The van der Waals surface area contributed by atoms with Gasteiger partial charge in [-0.3, -0.25) is 4.79 Å². The van der Waals surface area contributed by atoms with E-state index in [4.69, 9.17) is 10.00 Å². The molecule has 0 aliphatic carbocycles. The number of nitrogens with one attached hydrogen (secondary N) is 1. The van der Waals surface area contributed by atoms with Gasteiger partial charge in [0.15, 0.2) is 0 Å². The number of carbonyl (C=O) groups excluding carboxylic acids is 2. The molecule has 0 spiro atoms. The van der Waals surface area contributed by atoms with E-state index >= 15 is 0 Å². The average molecular weight is 308 g/mol. The number of nitriles is 1. The van der Waals surface area contributed by atoms with Gasteiger partial charge in [0.2, 0.25) is 0 Å². The molecule has 0 bridgehead atoms. The first-order valence-corrected chi connectivity index (χ1v) is 7.12. The molecular formula is C18H16N2O3. The summed E-state index contributed by atoms with van der Waals surface area (Å²) in [6.45, 7) is 1.55. The second-order valence-corrected chi connectivity index (χ2v) is 4.94. The number of benzene rings is 2. The van der Waals surface area contributed by atoms with Gasteiger partial charge in [-0.1, -0.05) is 36.4 Å². The first-order chi connectivity index (χ1) is 11.1. The Labute approximate surface area is 134 Å². The van der Waals surface area contributed by atoms with Crippen LogP contribution in [0.1, 0.15) is 28.4 Å². The summed E-state index contributed by atoms with van der Waals surface area (Å²) in [5, 5.41) is 11.6. The maximum atomic E-state index is 12.0. The molecule has 1 atom stereocenters. The third-order valence-electron chi connectivity index (χ3n) is 3.24. The number of rotatable bonds is 5. The Morgan fingerprint density at radius 1 is 1.13 bits per heavy atom. The number of esters is 1. The SMILES string of the molecule is C[C@@H](NC(=O)c1ccccc1)C(=O)OCc1ccccc1C#N. The lowest BCUT2D eigenvalue weighted by molar-refractivity contribution is -0.146. The van der Waals surface area contributed by atoms with Gasteiger partial charge in [-0.2, -0.15) is 5.26 Å². The summed E-state index contributed by atoms with van der Waals surface area (Å²) in [7, 11) is 0. The molecule has 0 radical (unpaired) electrons. The average Bonchev–Trinajstić information content (AvgIpc) is 2.60. The molecule has 2 rings (SSSR count). The fourth-order valence-electron chi connectivity index (χ4n) is 1.96. The van der Waals surface area contributed by atoms with Crippen molar-refractivity contribution in [3.63, 3.8) is 0 Å². The molecular weight excluding hydrogens is 292 g/mol. The van der Waals surface area contributed by atoms with E-state index in [1.54, 1.807) is 61.5 Å². The molecule has 5 heteroatoms. The van der Waals surface area contributed by atoms with Crippen molar-refractivity contribution in [2.75, 3.05) is 0 Å². The van der Waals surface area contributed by atoms with Gasteiger partial charge in [0.1, 0.15) is 12.6 Å². The molecule has 2 aromatic carbocycles. The Morgan fingerprint density at radius 3 is 2.48 bits per heavy atom. The van der Waals surface area contributed by atoms with Gasteiger partial charge in [0.25, 0.3) is 5.91 Å². The van der Waals surface area contributed by atoms with Crippen LogP contribution in [0, 0.1) is 11.3 Å². The standard InChI is InChI=1S/C18H16N2O3/c1-13(20-17(21)14-7-3-2-4-8-14)18(22)23-12-16-10-6-5-9-15(16)11-19/h2-10,13H,12H2,1H3,(H,20,21)/t13-/m1/s1. The van der Waals surface area contributed by atoms with E-state index in [0.717, 1.165) is 0 Å². The van der Waals surface area contributed by atoms with E-state index in [0.29, 0.717) is 16.7 Å². The van der Waals surface area contributed by atoms with Gasteiger partial charge in [-0.25, -0.2) is 4.79 Å². The molecule has 0 unspecified atom stereocenters. The highest BCUT2D eigenvalue weighted by Crippen LogP contribution is 2.09. The molecule has 1 amide bonds. The van der Waals surface area contributed by atoms with E-state index < -0.39 is 12.0 Å². The largest absolute Gasteiger partial charge is 0.459 e. The summed E-state index contributed by atoms with van der Waals surface area (Å²) in [6.07, 6.45) is 0. The van der Waals surface area contributed by atoms with Crippen LogP contribution in [0.15, 0.2) is 54.6 Å². The van der Waals surface area contributed by atoms with Crippen LogP contribution in [0.25, 0.3) is 0 Å². The fourth-order valence-corrected chi connectivity index (χ4v) is 1.96. The molecule has 116 valence electrons. The minimum Gasteiger partial charge on any atom is -0.459 e. The van der Waals surface area contributed by atoms with Gasteiger partial charge in [-0.15, -0.1) is 0 Å².